The van der Waals surface area contributed by atoms with Crippen LogP contribution in [0, 0.1) is 6.92 Å². The number of fused-ring (bicyclic) bond motifs is 2. The third kappa shape index (κ3) is 3.68. The number of thioether (sulfide) groups is 1. The van der Waals surface area contributed by atoms with Gasteiger partial charge in [0.25, 0.3) is 0 Å². The molecule has 0 fully saturated rings. The lowest BCUT2D eigenvalue weighted by atomic mass is 10.2. The van der Waals surface area contributed by atoms with Gasteiger partial charge in [0.2, 0.25) is 6.41 Å². The van der Waals surface area contributed by atoms with Crippen molar-refractivity contribution >= 4 is 40.9 Å². The Morgan fingerprint density at radius 2 is 2.11 bits per heavy atom. The van der Waals surface area contributed by atoms with E-state index in [1.807, 2.05) is 43.1 Å². The average molecular weight is 380 g/mol. The molecule has 0 saturated heterocycles. The van der Waals surface area contributed by atoms with E-state index < -0.39 is 0 Å². The Bertz CT molecular complexity index is 1100. The monoisotopic (exact) mass is 380 g/mol. The summed E-state index contributed by atoms with van der Waals surface area (Å²) in [6, 6.07) is 10.5. The summed E-state index contributed by atoms with van der Waals surface area (Å²) >= 11 is 1.81. The molecule has 7 heteroatoms. The predicted molar refractivity (Wildman–Crippen MR) is 108 cm³/mol. The molecule has 0 aliphatic rings. The Morgan fingerprint density at radius 3 is 2.93 bits per heavy atom. The van der Waals surface area contributed by atoms with Crippen molar-refractivity contribution < 1.29 is 9.21 Å². The lowest BCUT2D eigenvalue weighted by Crippen LogP contribution is -2.20. The van der Waals surface area contributed by atoms with E-state index in [0.29, 0.717) is 18.1 Å². The highest BCUT2D eigenvalue weighted by Gasteiger charge is 2.12. The molecule has 0 aliphatic heterocycles. The van der Waals surface area contributed by atoms with Crippen LogP contribution in [0.4, 0.5) is 6.01 Å². The number of carbonyl (C=O) groups excluding carboxylic acids is 1. The highest BCUT2D eigenvalue weighted by atomic mass is 32.2. The number of aryl methyl sites for hydroxylation is 1. The molecule has 27 heavy (non-hydrogen) atoms. The number of hydrogen-bond donors (Lipinski definition) is 0. The molecule has 4 aromatic rings. The Kier molecular flexibility index (Phi) is 4.85. The first kappa shape index (κ1) is 17.6. The fraction of sp³-hybridized carbons (Fsp3) is 0.250. The number of hydrogen-bond acceptors (Lipinski definition) is 5. The van der Waals surface area contributed by atoms with Gasteiger partial charge < -0.3 is 8.82 Å². The van der Waals surface area contributed by atoms with E-state index in [0.717, 1.165) is 34.8 Å². The van der Waals surface area contributed by atoms with Crippen LogP contribution in [-0.4, -0.2) is 27.3 Å². The van der Waals surface area contributed by atoms with E-state index in [-0.39, 0.29) is 0 Å². The van der Waals surface area contributed by atoms with Crippen LogP contribution in [0.1, 0.15) is 23.7 Å². The summed E-state index contributed by atoms with van der Waals surface area (Å²) in [4.78, 5) is 21.6. The number of aromatic nitrogens is 3. The first-order valence-corrected chi connectivity index (χ1v) is 9.95. The van der Waals surface area contributed by atoms with E-state index in [2.05, 4.69) is 39.6 Å². The fourth-order valence-corrected chi connectivity index (χ4v) is 3.77. The molecule has 0 bridgehead atoms. The minimum absolute atomic E-state index is 0.340. The second kappa shape index (κ2) is 7.44. The van der Waals surface area contributed by atoms with E-state index in [9.17, 15) is 4.79 Å². The molecular formula is C20H20N4O2S. The second-order valence-corrected chi connectivity index (χ2v) is 7.37. The van der Waals surface area contributed by atoms with Crippen LogP contribution in [0.2, 0.25) is 0 Å². The third-order valence-electron chi connectivity index (χ3n) is 4.34. The van der Waals surface area contributed by atoms with E-state index in [4.69, 9.17) is 4.42 Å². The predicted octanol–water partition coefficient (Wildman–Crippen LogP) is 4.20. The molecule has 0 unspecified atom stereocenters. The summed E-state index contributed by atoms with van der Waals surface area (Å²) in [6.07, 6.45) is 4.85. The van der Waals surface area contributed by atoms with E-state index in [1.54, 1.807) is 0 Å². The molecule has 4 rings (SSSR count). The van der Waals surface area contributed by atoms with Gasteiger partial charge in [-0.05, 0) is 49.2 Å². The Hall–Kier alpha value is -2.80. The highest BCUT2D eigenvalue weighted by molar-refractivity contribution is 7.97. The highest BCUT2D eigenvalue weighted by Crippen LogP contribution is 2.25. The molecule has 1 aromatic carbocycles. The summed E-state index contributed by atoms with van der Waals surface area (Å²) in [6.45, 7) is 4.48. The van der Waals surface area contributed by atoms with Crippen LogP contribution >= 0.6 is 11.8 Å². The number of nitrogens with zero attached hydrogens (tertiary/aromatic N) is 4. The first-order chi connectivity index (χ1) is 13.2. The summed E-state index contributed by atoms with van der Waals surface area (Å²) in [5, 5.41) is 0. The second-order valence-electron chi connectivity index (χ2n) is 6.38. The Labute approximate surface area is 161 Å². The summed E-state index contributed by atoms with van der Waals surface area (Å²) in [5.41, 5.74) is 5.89. The van der Waals surface area contributed by atoms with Gasteiger partial charge in [0.15, 0.2) is 5.58 Å². The minimum Gasteiger partial charge on any atom is -0.423 e. The fourth-order valence-electron chi connectivity index (χ4n) is 2.91. The molecule has 138 valence electrons. The average Bonchev–Trinajstić information content (AvgIpc) is 3.25. The lowest BCUT2D eigenvalue weighted by molar-refractivity contribution is -0.107. The van der Waals surface area contributed by atoms with Gasteiger partial charge in [0.05, 0.1) is 5.69 Å². The summed E-state index contributed by atoms with van der Waals surface area (Å²) in [7, 11) is 0. The van der Waals surface area contributed by atoms with Gasteiger partial charge in [-0.15, -0.1) is 0 Å². The summed E-state index contributed by atoms with van der Waals surface area (Å²) in [5.74, 6) is 1.70. The van der Waals surface area contributed by atoms with Crippen LogP contribution < -0.4 is 4.90 Å². The zero-order chi connectivity index (χ0) is 18.8. The maximum absolute atomic E-state index is 11.1. The molecule has 0 atom stereocenters. The normalized spacial score (nSPS) is 11.3. The number of imidazole rings is 1. The topological polar surface area (TPSA) is 63.6 Å². The Balaban J connectivity index is 1.44. The van der Waals surface area contributed by atoms with Crippen molar-refractivity contribution in [2.75, 3.05) is 11.4 Å². The first-order valence-electron chi connectivity index (χ1n) is 8.79. The maximum atomic E-state index is 11.1. The molecule has 3 aromatic heterocycles. The molecule has 0 spiro atoms. The zero-order valence-corrected chi connectivity index (χ0v) is 16.1. The van der Waals surface area contributed by atoms with Crippen LogP contribution in [0.3, 0.4) is 0 Å². The van der Waals surface area contributed by atoms with Gasteiger partial charge in [0.1, 0.15) is 11.2 Å². The van der Waals surface area contributed by atoms with Gasteiger partial charge in [-0.3, -0.25) is 9.69 Å². The van der Waals surface area contributed by atoms with Gasteiger partial charge in [-0.25, -0.2) is 4.98 Å². The number of pyridine rings is 1. The van der Waals surface area contributed by atoms with Crippen LogP contribution in [0.5, 0.6) is 0 Å². The van der Waals surface area contributed by atoms with Crippen molar-refractivity contribution in [2.24, 2.45) is 0 Å². The number of rotatable bonds is 7. The quantitative estimate of drug-likeness (QED) is 0.450. The van der Waals surface area contributed by atoms with Gasteiger partial charge in [0, 0.05) is 30.4 Å². The molecule has 1 amide bonds. The molecule has 3 heterocycles. The van der Waals surface area contributed by atoms with Crippen molar-refractivity contribution in [3.63, 3.8) is 0 Å². The smallest absolute Gasteiger partial charge is 0.305 e. The van der Waals surface area contributed by atoms with Crippen LogP contribution in [-0.2, 0) is 16.3 Å². The van der Waals surface area contributed by atoms with Crippen LogP contribution in [0.15, 0.2) is 47.1 Å². The molecule has 0 N–H and O–H groups in total. The number of carbonyl (C=O) groups is 1. The SMILES string of the molecule is CCN(C=O)c1nc2cc(CSCc3cn4ccc(C)cc4n3)ccc2o1. The van der Waals surface area contributed by atoms with Crippen molar-refractivity contribution in [1.82, 2.24) is 14.4 Å². The lowest BCUT2D eigenvalue weighted by Gasteiger charge is -2.07. The maximum Gasteiger partial charge on any atom is 0.305 e. The third-order valence-corrected chi connectivity index (χ3v) is 5.38. The molecule has 0 aliphatic carbocycles. The van der Waals surface area contributed by atoms with Crippen molar-refractivity contribution in [3.05, 3.63) is 59.5 Å². The molecular weight excluding hydrogens is 360 g/mol. The standard InChI is InChI=1S/C20H20N4O2S/c1-3-23(13-25)20-22-17-9-15(4-5-18(17)26-20)11-27-12-16-10-24-7-6-14(2)8-19(24)21-16/h4-10,13H,3,11-12H2,1-2H3. The number of anilines is 1. The largest absolute Gasteiger partial charge is 0.423 e. The zero-order valence-electron chi connectivity index (χ0n) is 15.3. The van der Waals surface area contributed by atoms with Gasteiger partial charge in [-0.2, -0.15) is 16.7 Å². The molecule has 6 nitrogen and oxygen atoms in total. The van der Waals surface area contributed by atoms with Crippen molar-refractivity contribution in [2.45, 2.75) is 25.4 Å². The van der Waals surface area contributed by atoms with Crippen molar-refractivity contribution in [3.8, 4) is 0 Å². The number of amides is 1. The van der Waals surface area contributed by atoms with E-state index in [1.165, 1.54) is 16.0 Å². The van der Waals surface area contributed by atoms with Gasteiger partial charge >= 0.3 is 6.01 Å². The minimum atomic E-state index is 0.340. The number of benzene rings is 1. The van der Waals surface area contributed by atoms with Gasteiger partial charge in [-0.1, -0.05) is 6.07 Å². The molecule has 0 radical (unpaired) electrons. The number of oxazole rings is 1. The Morgan fingerprint density at radius 1 is 1.22 bits per heavy atom. The summed E-state index contributed by atoms with van der Waals surface area (Å²) < 4.78 is 7.70. The van der Waals surface area contributed by atoms with Crippen LogP contribution in [0.25, 0.3) is 16.7 Å². The van der Waals surface area contributed by atoms with E-state index >= 15 is 0 Å². The molecule has 0 saturated carbocycles. The van der Waals surface area contributed by atoms with Crippen molar-refractivity contribution in [1.29, 1.82) is 0 Å².